The molecule has 0 fully saturated rings. The van der Waals surface area contributed by atoms with Crippen molar-refractivity contribution in [2.24, 2.45) is 10.7 Å². The van der Waals surface area contributed by atoms with Crippen molar-refractivity contribution < 1.29 is 21.6 Å². The molecule has 0 bridgehead atoms. The van der Waals surface area contributed by atoms with E-state index >= 15 is 0 Å². The van der Waals surface area contributed by atoms with E-state index in [1.165, 1.54) is 36.4 Å². The van der Waals surface area contributed by atoms with E-state index in [9.17, 15) is 21.6 Å². The third-order valence-electron chi connectivity index (χ3n) is 3.76. The molecule has 0 radical (unpaired) electrons. The summed E-state index contributed by atoms with van der Waals surface area (Å²) >= 11 is 0. The smallest absolute Gasteiger partial charge is 0.382 e. The van der Waals surface area contributed by atoms with Gasteiger partial charge < -0.3 is 5.73 Å². The van der Waals surface area contributed by atoms with Crippen molar-refractivity contribution in [1.29, 1.82) is 0 Å². The van der Waals surface area contributed by atoms with Gasteiger partial charge in [-0.05, 0) is 18.2 Å². The molecule has 2 N–H and O–H groups in total. The zero-order valence-corrected chi connectivity index (χ0v) is 15.7. The maximum atomic E-state index is 12.6. The average Bonchev–Trinajstić information content (AvgIpc) is 3.22. The summed E-state index contributed by atoms with van der Waals surface area (Å²) in [5, 5.41) is 7.83. The molecule has 0 aromatic carbocycles. The van der Waals surface area contributed by atoms with E-state index in [4.69, 9.17) is 5.73 Å². The van der Waals surface area contributed by atoms with Gasteiger partial charge >= 0.3 is 6.18 Å². The lowest BCUT2D eigenvalue weighted by Crippen LogP contribution is -2.21. The van der Waals surface area contributed by atoms with Gasteiger partial charge in [-0.15, -0.1) is 0 Å². The van der Waals surface area contributed by atoms with Gasteiger partial charge in [0.25, 0.3) is 0 Å². The predicted molar refractivity (Wildman–Crippen MR) is 96.5 cm³/mol. The van der Waals surface area contributed by atoms with Crippen molar-refractivity contribution in [1.82, 2.24) is 25.0 Å². The maximum absolute atomic E-state index is 12.6. The molecule has 3 rings (SSSR count). The van der Waals surface area contributed by atoms with Crippen LogP contribution in [0.15, 0.2) is 52.9 Å². The molecule has 0 saturated carbocycles. The van der Waals surface area contributed by atoms with Gasteiger partial charge in [0, 0.05) is 6.20 Å². The second kappa shape index (κ2) is 7.58. The first-order valence-electron chi connectivity index (χ1n) is 8.09. The van der Waals surface area contributed by atoms with Crippen LogP contribution in [0.4, 0.5) is 19.0 Å². The van der Waals surface area contributed by atoms with E-state index in [1.807, 2.05) is 0 Å². The van der Waals surface area contributed by atoms with Crippen molar-refractivity contribution in [3.8, 4) is 5.69 Å². The minimum absolute atomic E-state index is 0.130. The summed E-state index contributed by atoms with van der Waals surface area (Å²) in [5.74, 6) is -0.678. The Balaban J connectivity index is 2.06. The Hall–Kier alpha value is -3.35. The van der Waals surface area contributed by atoms with Crippen molar-refractivity contribution >= 4 is 21.5 Å². The minimum Gasteiger partial charge on any atom is -0.382 e. The second-order valence-electron chi connectivity index (χ2n) is 5.66. The molecule has 13 heteroatoms. The normalized spacial score (nSPS) is 12.9. The summed E-state index contributed by atoms with van der Waals surface area (Å²) < 4.78 is 62.9. The van der Waals surface area contributed by atoms with Crippen molar-refractivity contribution in [2.75, 3.05) is 5.75 Å². The zero-order valence-electron chi connectivity index (χ0n) is 14.9. The SMILES string of the molecule is CCS(=O)(=O)c1cc(-n2nccn2)cnc1C(N)=Nc1ccc(C(F)(F)F)cn1. The molecule has 0 aliphatic rings. The Morgan fingerprint density at radius 2 is 1.86 bits per heavy atom. The number of nitrogens with zero attached hydrogens (tertiary/aromatic N) is 6. The van der Waals surface area contributed by atoms with Crippen LogP contribution in [0.3, 0.4) is 0 Å². The Morgan fingerprint density at radius 3 is 2.41 bits per heavy atom. The summed E-state index contributed by atoms with van der Waals surface area (Å²) in [7, 11) is -3.77. The van der Waals surface area contributed by atoms with Gasteiger partial charge in [0.15, 0.2) is 21.5 Å². The molecule has 0 amide bonds. The van der Waals surface area contributed by atoms with Crippen LogP contribution in [0.5, 0.6) is 0 Å². The van der Waals surface area contributed by atoms with Crippen LogP contribution in [0.1, 0.15) is 18.2 Å². The predicted octanol–water partition coefficient (Wildman–Crippen LogP) is 1.91. The molecule has 9 nitrogen and oxygen atoms in total. The Labute approximate surface area is 163 Å². The number of nitrogens with two attached hydrogens (primary N) is 1. The standard InChI is InChI=1S/C16H14F3N7O2S/c1-2-29(27,28)12-7-11(26-23-5-6-24-26)9-22-14(12)15(20)25-13-4-3-10(8-21-13)16(17,18)19/h3-9H,2H2,1H3,(H2,20,21,25). The zero-order chi connectivity index (χ0) is 21.2. The highest BCUT2D eigenvalue weighted by atomic mass is 32.2. The first-order chi connectivity index (χ1) is 13.6. The highest BCUT2D eigenvalue weighted by Gasteiger charge is 2.30. The molecule has 152 valence electrons. The lowest BCUT2D eigenvalue weighted by molar-refractivity contribution is -0.137. The van der Waals surface area contributed by atoms with Crippen LogP contribution < -0.4 is 5.73 Å². The number of aromatic nitrogens is 5. The van der Waals surface area contributed by atoms with Crippen LogP contribution in [0.2, 0.25) is 0 Å². The lowest BCUT2D eigenvalue weighted by atomic mass is 10.3. The second-order valence-corrected chi connectivity index (χ2v) is 7.91. The number of aliphatic imine (C=N–C) groups is 1. The van der Waals surface area contributed by atoms with E-state index in [0.717, 1.165) is 12.1 Å². The maximum Gasteiger partial charge on any atom is 0.417 e. The summed E-state index contributed by atoms with van der Waals surface area (Å²) in [4.78, 5) is 12.5. The lowest BCUT2D eigenvalue weighted by Gasteiger charge is -2.10. The summed E-state index contributed by atoms with van der Waals surface area (Å²) in [6, 6.07) is 3.11. The van der Waals surface area contributed by atoms with Crippen LogP contribution in [-0.4, -0.2) is 45.0 Å². The number of alkyl halides is 3. The Morgan fingerprint density at radius 1 is 1.17 bits per heavy atom. The monoisotopic (exact) mass is 425 g/mol. The number of halogens is 3. The molecular formula is C16H14F3N7O2S. The number of amidine groups is 1. The fourth-order valence-corrected chi connectivity index (χ4v) is 3.34. The fourth-order valence-electron chi connectivity index (χ4n) is 2.27. The van der Waals surface area contributed by atoms with Gasteiger partial charge in [-0.1, -0.05) is 6.92 Å². The highest BCUT2D eigenvalue weighted by molar-refractivity contribution is 7.91. The average molecular weight is 425 g/mol. The molecule has 0 unspecified atom stereocenters. The van der Waals surface area contributed by atoms with E-state index in [2.05, 4.69) is 25.2 Å². The van der Waals surface area contributed by atoms with Gasteiger partial charge in [-0.25, -0.2) is 23.4 Å². The summed E-state index contributed by atoms with van der Waals surface area (Å²) in [6.45, 7) is 1.45. The van der Waals surface area contributed by atoms with Crippen molar-refractivity contribution in [2.45, 2.75) is 18.0 Å². The number of hydrogen-bond donors (Lipinski definition) is 1. The van der Waals surface area contributed by atoms with E-state index in [-0.39, 0.29) is 33.7 Å². The molecule has 3 aromatic heterocycles. The third-order valence-corrected chi connectivity index (χ3v) is 5.50. The first kappa shape index (κ1) is 20.4. The fraction of sp³-hybridized carbons (Fsp3) is 0.188. The van der Waals surface area contributed by atoms with Crippen molar-refractivity contribution in [3.63, 3.8) is 0 Å². The van der Waals surface area contributed by atoms with Crippen LogP contribution in [-0.2, 0) is 16.0 Å². The first-order valence-corrected chi connectivity index (χ1v) is 9.74. The van der Waals surface area contributed by atoms with E-state index in [1.54, 1.807) is 0 Å². The quantitative estimate of drug-likeness (QED) is 0.488. The molecule has 0 spiro atoms. The topological polar surface area (TPSA) is 129 Å². The molecule has 0 atom stereocenters. The molecular weight excluding hydrogens is 411 g/mol. The van der Waals surface area contributed by atoms with Crippen molar-refractivity contribution in [3.05, 3.63) is 54.2 Å². The summed E-state index contributed by atoms with van der Waals surface area (Å²) in [5.41, 5.74) is 5.08. The molecule has 3 heterocycles. The highest BCUT2D eigenvalue weighted by Crippen LogP contribution is 2.29. The summed E-state index contributed by atoms with van der Waals surface area (Å²) in [6.07, 6.45) is 0.186. The van der Waals surface area contributed by atoms with Crippen LogP contribution >= 0.6 is 0 Å². The van der Waals surface area contributed by atoms with Gasteiger partial charge in [0.2, 0.25) is 0 Å². The Bertz CT molecular complexity index is 1140. The van der Waals surface area contributed by atoms with Gasteiger partial charge in [-0.3, -0.25) is 0 Å². The number of pyridine rings is 2. The van der Waals surface area contributed by atoms with Crippen LogP contribution in [0.25, 0.3) is 5.69 Å². The minimum atomic E-state index is -4.54. The van der Waals surface area contributed by atoms with Crippen LogP contribution in [0, 0.1) is 0 Å². The largest absolute Gasteiger partial charge is 0.417 e. The number of rotatable bonds is 5. The molecule has 3 aromatic rings. The molecule has 0 aliphatic heterocycles. The number of hydrogen-bond acceptors (Lipinski definition) is 7. The molecule has 0 aliphatic carbocycles. The van der Waals surface area contributed by atoms with E-state index in [0.29, 0.717) is 6.20 Å². The van der Waals surface area contributed by atoms with E-state index < -0.39 is 21.6 Å². The van der Waals surface area contributed by atoms with Gasteiger partial charge in [-0.2, -0.15) is 28.2 Å². The molecule has 0 saturated heterocycles. The van der Waals surface area contributed by atoms with Gasteiger partial charge in [0.05, 0.1) is 34.8 Å². The Kier molecular flexibility index (Phi) is 5.33. The third kappa shape index (κ3) is 4.39. The number of sulfone groups is 1. The van der Waals surface area contributed by atoms with Gasteiger partial charge in [0.1, 0.15) is 11.4 Å². The molecule has 29 heavy (non-hydrogen) atoms.